The lowest BCUT2D eigenvalue weighted by molar-refractivity contribution is -0.149. The Morgan fingerprint density at radius 3 is 1.84 bits per heavy atom. The largest absolute Gasteiger partial charge is 0.480 e. The maximum absolute atomic E-state index is 11.2. The SMILES string of the molecule is O=C(O)[C@H](COC(=O)C(Cl)(Cl)Cl)NC(=O)C(Cl)(Cl)Cl. The van der Waals surface area contributed by atoms with E-state index in [0.29, 0.717) is 0 Å². The van der Waals surface area contributed by atoms with E-state index in [1.165, 1.54) is 0 Å². The molecular weight excluding hydrogens is 391 g/mol. The summed E-state index contributed by atoms with van der Waals surface area (Å²) in [5.74, 6) is -4.07. The van der Waals surface area contributed by atoms with Gasteiger partial charge in [-0.2, -0.15) is 0 Å². The van der Waals surface area contributed by atoms with Gasteiger partial charge in [0.1, 0.15) is 6.61 Å². The predicted molar refractivity (Wildman–Crippen MR) is 71.1 cm³/mol. The lowest BCUT2D eigenvalue weighted by Crippen LogP contribution is -2.48. The van der Waals surface area contributed by atoms with Gasteiger partial charge in [0.15, 0.2) is 6.04 Å². The third kappa shape index (κ3) is 7.48. The summed E-state index contributed by atoms with van der Waals surface area (Å²) >= 11 is 31.2. The molecule has 0 radical (unpaired) electrons. The van der Waals surface area contributed by atoms with Crippen molar-refractivity contribution in [1.29, 1.82) is 0 Å². The molecule has 0 saturated heterocycles. The summed E-state index contributed by atoms with van der Waals surface area (Å²) in [5.41, 5.74) is 0. The summed E-state index contributed by atoms with van der Waals surface area (Å²) in [7, 11) is 0. The number of nitrogens with one attached hydrogen (secondary N) is 1. The van der Waals surface area contributed by atoms with Crippen molar-refractivity contribution in [1.82, 2.24) is 5.32 Å². The molecule has 0 aliphatic heterocycles. The van der Waals surface area contributed by atoms with Gasteiger partial charge in [0.05, 0.1) is 0 Å². The first-order chi connectivity index (χ1) is 8.35. The van der Waals surface area contributed by atoms with Crippen LogP contribution in [0.3, 0.4) is 0 Å². The summed E-state index contributed by atoms with van der Waals surface area (Å²) < 4.78 is -0.357. The molecule has 0 saturated carbocycles. The standard InChI is InChI=1S/C7H5Cl6NO5/c8-6(9,10)4(17)14-2(3(15)16)1-19-5(18)7(11,12)13/h2H,1H2,(H,14,17)(H,15,16)/t2-/m0/s1. The fourth-order valence-corrected chi connectivity index (χ4v) is 0.983. The third-order valence-corrected chi connectivity index (χ3v) is 2.45. The van der Waals surface area contributed by atoms with Gasteiger partial charge in [-0.05, 0) is 0 Å². The zero-order chi connectivity index (χ0) is 15.4. The van der Waals surface area contributed by atoms with Gasteiger partial charge in [0.25, 0.3) is 13.5 Å². The van der Waals surface area contributed by atoms with Crippen LogP contribution in [-0.4, -0.2) is 43.2 Å². The van der Waals surface area contributed by atoms with Crippen LogP contribution in [0.5, 0.6) is 0 Å². The number of carbonyl (C=O) groups is 3. The number of alkyl halides is 6. The van der Waals surface area contributed by atoms with E-state index in [4.69, 9.17) is 74.7 Å². The highest BCUT2D eigenvalue weighted by molar-refractivity contribution is 6.76. The van der Waals surface area contributed by atoms with Gasteiger partial charge in [0, 0.05) is 0 Å². The quantitative estimate of drug-likeness (QED) is 0.559. The Morgan fingerprint density at radius 1 is 1.05 bits per heavy atom. The number of hydrogen-bond donors (Lipinski definition) is 2. The van der Waals surface area contributed by atoms with Crippen LogP contribution in [0.2, 0.25) is 0 Å². The Hall–Kier alpha value is 0.150. The van der Waals surface area contributed by atoms with Gasteiger partial charge in [-0.25, -0.2) is 9.59 Å². The molecule has 19 heavy (non-hydrogen) atoms. The van der Waals surface area contributed by atoms with E-state index in [0.717, 1.165) is 0 Å². The van der Waals surface area contributed by atoms with E-state index >= 15 is 0 Å². The molecule has 2 N–H and O–H groups in total. The van der Waals surface area contributed by atoms with E-state index in [1.807, 2.05) is 5.32 Å². The number of ether oxygens (including phenoxy) is 1. The molecule has 0 unspecified atom stereocenters. The number of carboxylic acids is 1. The topological polar surface area (TPSA) is 92.7 Å². The number of hydrogen-bond acceptors (Lipinski definition) is 4. The van der Waals surface area contributed by atoms with Crippen molar-refractivity contribution >= 4 is 87.5 Å². The lowest BCUT2D eigenvalue weighted by Gasteiger charge is -2.18. The van der Waals surface area contributed by atoms with E-state index < -0.39 is 38.1 Å². The van der Waals surface area contributed by atoms with Crippen molar-refractivity contribution in [2.24, 2.45) is 0 Å². The Kier molecular flexibility index (Phi) is 7.30. The number of esters is 1. The molecule has 0 bridgehead atoms. The molecule has 0 aromatic carbocycles. The Morgan fingerprint density at radius 2 is 1.53 bits per heavy atom. The zero-order valence-electron chi connectivity index (χ0n) is 8.63. The number of carbonyl (C=O) groups excluding carboxylic acids is 2. The molecule has 0 aromatic heterocycles. The Balaban J connectivity index is 4.58. The molecule has 0 aliphatic rings. The number of aliphatic carboxylic acids is 1. The van der Waals surface area contributed by atoms with E-state index in [1.54, 1.807) is 0 Å². The molecule has 6 nitrogen and oxygen atoms in total. The van der Waals surface area contributed by atoms with Gasteiger partial charge in [0.2, 0.25) is 0 Å². The molecule has 0 aromatic rings. The summed E-state index contributed by atoms with van der Waals surface area (Å²) in [6, 6.07) is -1.67. The van der Waals surface area contributed by atoms with Crippen molar-refractivity contribution in [2.75, 3.05) is 6.61 Å². The average molecular weight is 396 g/mol. The van der Waals surface area contributed by atoms with Crippen molar-refractivity contribution < 1.29 is 24.2 Å². The molecule has 0 aliphatic carbocycles. The van der Waals surface area contributed by atoms with Crippen molar-refractivity contribution in [3.8, 4) is 0 Å². The zero-order valence-corrected chi connectivity index (χ0v) is 13.2. The molecule has 1 amide bonds. The average Bonchev–Trinajstić information content (AvgIpc) is 2.19. The molecule has 12 heteroatoms. The second kappa shape index (κ2) is 7.24. The molecule has 110 valence electrons. The fourth-order valence-electron chi connectivity index (χ4n) is 0.656. The van der Waals surface area contributed by atoms with Gasteiger partial charge in [-0.1, -0.05) is 69.6 Å². The number of amides is 1. The van der Waals surface area contributed by atoms with Crippen LogP contribution >= 0.6 is 69.6 Å². The summed E-state index contributed by atoms with van der Waals surface area (Å²) in [6.45, 7) is -0.811. The minimum Gasteiger partial charge on any atom is -0.480 e. The maximum atomic E-state index is 11.2. The molecule has 0 rings (SSSR count). The fraction of sp³-hybridized carbons (Fsp3) is 0.571. The number of halogens is 6. The predicted octanol–water partition coefficient (Wildman–Crippen LogP) is 1.84. The van der Waals surface area contributed by atoms with Crippen LogP contribution in [0.1, 0.15) is 0 Å². The van der Waals surface area contributed by atoms with E-state index in [2.05, 4.69) is 4.74 Å². The smallest absolute Gasteiger partial charge is 0.358 e. The second-order valence-corrected chi connectivity index (χ2v) is 7.52. The van der Waals surface area contributed by atoms with Crippen LogP contribution in [0.4, 0.5) is 0 Å². The Labute approximate surface area is 137 Å². The summed E-state index contributed by atoms with van der Waals surface area (Å²) in [5, 5.41) is 10.6. The van der Waals surface area contributed by atoms with Gasteiger partial charge < -0.3 is 15.2 Å². The minimum absolute atomic E-state index is 0.811. The normalized spacial score (nSPS) is 13.6. The lowest BCUT2D eigenvalue weighted by atomic mass is 10.3. The monoisotopic (exact) mass is 393 g/mol. The van der Waals surface area contributed by atoms with E-state index in [9.17, 15) is 14.4 Å². The molecule has 0 heterocycles. The van der Waals surface area contributed by atoms with Crippen LogP contribution in [0, 0.1) is 0 Å². The van der Waals surface area contributed by atoms with Gasteiger partial charge in [-0.15, -0.1) is 0 Å². The van der Waals surface area contributed by atoms with Crippen molar-refractivity contribution in [3.05, 3.63) is 0 Å². The highest BCUT2D eigenvalue weighted by Crippen LogP contribution is 2.28. The van der Waals surface area contributed by atoms with Crippen LogP contribution in [0.25, 0.3) is 0 Å². The van der Waals surface area contributed by atoms with Crippen molar-refractivity contribution in [3.63, 3.8) is 0 Å². The second-order valence-electron chi connectivity index (χ2n) is 2.96. The first-order valence-electron chi connectivity index (χ1n) is 4.20. The number of carboxylic acid groups (broad SMARTS) is 1. The third-order valence-electron chi connectivity index (χ3n) is 1.47. The molecule has 0 spiro atoms. The van der Waals surface area contributed by atoms with Crippen LogP contribution < -0.4 is 5.32 Å². The molecule has 1 atom stereocenters. The van der Waals surface area contributed by atoms with Gasteiger partial charge in [-0.3, -0.25) is 4.79 Å². The highest BCUT2D eigenvalue weighted by Gasteiger charge is 2.37. The van der Waals surface area contributed by atoms with Crippen LogP contribution in [-0.2, 0) is 19.1 Å². The van der Waals surface area contributed by atoms with Crippen molar-refractivity contribution in [2.45, 2.75) is 13.6 Å². The Bertz CT molecular complexity index is 375. The summed E-state index contributed by atoms with van der Waals surface area (Å²) in [4.78, 5) is 33.1. The first kappa shape index (κ1) is 19.1. The van der Waals surface area contributed by atoms with E-state index in [-0.39, 0.29) is 0 Å². The first-order valence-corrected chi connectivity index (χ1v) is 6.47. The molecule has 0 fully saturated rings. The highest BCUT2D eigenvalue weighted by atomic mass is 35.6. The number of rotatable bonds is 4. The summed E-state index contributed by atoms with van der Waals surface area (Å²) in [6.07, 6.45) is 0. The maximum Gasteiger partial charge on any atom is 0.358 e. The van der Waals surface area contributed by atoms with Crippen LogP contribution in [0.15, 0.2) is 0 Å². The minimum atomic E-state index is -2.37. The van der Waals surface area contributed by atoms with Gasteiger partial charge >= 0.3 is 11.9 Å². The molecular formula is C7H5Cl6NO5.